The van der Waals surface area contributed by atoms with Gasteiger partial charge in [0.15, 0.2) is 0 Å². The molecule has 0 fully saturated rings. The van der Waals surface area contributed by atoms with Crippen molar-refractivity contribution in [3.05, 3.63) is 58.1 Å². The number of fused-ring (bicyclic) bond motifs is 1. The first-order valence-electron chi connectivity index (χ1n) is 6.94. The van der Waals surface area contributed by atoms with Crippen LogP contribution in [0.2, 0.25) is 5.02 Å². The Morgan fingerprint density at radius 2 is 2.15 bits per heavy atom. The molecular formula is C16H17ClFNO. The van der Waals surface area contributed by atoms with Crippen molar-refractivity contribution in [3.8, 4) is 0 Å². The molecule has 0 saturated carbocycles. The number of benzene rings is 1. The van der Waals surface area contributed by atoms with E-state index in [9.17, 15) is 9.50 Å². The third kappa shape index (κ3) is 2.74. The lowest BCUT2D eigenvalue weighted by atomic mass is 10.1. The number of hydrogen-bond donors (Lipinski definition) is 1. The zero-order valence-electron chi connectivity index (χ0n) is 11.1. The second kappa shape index (κ2) is 5.58. The molecule has 0 saturated heterocycles. The first-order chi connectivity index (χ1) is 9.63. The Morgan fingerprint density at radius 3 is 2.95 bits per heavy atom. The molecule has 0 radical (unpaired) electrons. The van der Waals surface area contributed by atoms with Crippen LogP contribution < -0.4 is 0 Å². The predicted molar refractivity (Wildman–Crippen MR) is 77.5 cm³/mol. The summed E-state index contributed by atoms with van der Waals surface area (Å²) in [6.07, 6.45) is 7.70. The average molecular weight is 294 g/mol. The summed E-state index contributed by atoms with van der Waals surface area (Å²) in [5, 5.41) is 10.3. The van der Waals surface area contributed by atoms with Crippen molar-refractivity contribution in [2.24, 2.45) is 0 Å². The molecule has 0 spiro atoms. The molecule has 1 N–H and O–H groups in total. The molecule has 2 aromatic rings. The fourth-order valence-electron chi connectivity index (χ4n) is 2.83. The van der Waals surface area contributed by atoms with Crippen molar-refractivity contribution >= 4 is 11.6 Å². The third-order valence-electron chi connectivity index (χ3n) is 3.88. The lowest BCUT2D eigenvalue weighted by molar-refractivity contribution is 0.166. The number of aryl methyl sites for hydroxylation is 1. The molecule has 1 aliphatic rings. The standard InChI is InChI=1S/C16H17ClFNO/c17-14-6-5-11(7-15(14)18)8-19-9-12-3-1-2-4-16(20)13(12)10-19/h5-7,9-10,16,20H,1-4,8H2. The van der Waals surface area contributed by atoms with E-state index in [1.54, 1.807) is 6.07 Å². The minimum atomic E-state index is -0.391. The molecule has 0 amide bonds. The van der Waals surface area contributed by atoms with Crippen molar-refractivity contribution in [1.29, 1.82) is 0 Å². The zero-order chi connectivity index (χ0) is 14.1. The molecule has 1 atom stereocenters. The third-order valence-corrected chi connectivity index (χ3v) is 4.19. The Morgan fingerprint density at radius 1 is 1.30 bits per heavy atom. The monoisotopic (exact) mass is 293 g/mol. The topological polar surface area (TPSA) is 25.2 Å². The van der Waals surface area contributed by atoms with Gasteiger partial charge in [-0.25, -0.2) is 4.39 Å². The van der Waals surface area contributed by atoms with Crippen LogP contribution >= 0.6 is 11.6 Å². The Hall–Kier alpha value is -1.32. The smallest absolute Gasteiger partial charge is 0.142 e. The number of aliphatic hydroxyl groups is 1. The second-order valence-corrected chi connectivity index (χ2v) is 5.83. The van der Waals surface area contributed by atoms with Gasteiger partial charge in [0.05, 0.1) is 11.1 Å². The number of halogens is 2. The second-order valence-electron chi connectivity index (χ2n) is 5.42. The van der Waals surface area contributed by atoms with E-state index in [1.165, 1.54) is 11.6 Å². The number of nitrogens with zero attached hydrogens (tertiary/aromatic N) is 1. The number of aromatic nitrogens is 1. The summed E-state index contributed by atoms with van der Waals surface area (Å²) in [4.78, 5) is 0. The highest BCUT2D eigenvalue weighted by atomic mass is 35.5. The van der Waals surface area contributed by atoms with Crippen LogP contribution in [0.4, 0.5) is 4.39 Å². The minimum absolute atomic E-state index is 0.146. The molecule has 4 heteroatoms. The van der Waals surface area contributed by atoms with Gasteiger partial charge in [0.25, 0.3) is 0 Å². The molecule has 0 aliphatic heterocycles. The van der Waals surface area contributed by atoms with Crippen molar-refractivity contribution in [2.45, 2.75) is 38.3 Å². The van der Waals surface area contributed by atoms with Crippen LogP contribution in [-0.4, -0.2) is 9.67 Å². The molecule has 3 rings (SSSR count). The van der Waals surface area contributed by atoms with Crippen LogP contribution in [0.25, 0.3) is 0 Å². The SMILES string of the molecule is OC1CCCCc2cn(Cc3ccc(Cl)c(F)c3)cc21. The van der Waals surface area contributed by atoms with E-state index in [-0.39, 0.29) is 11.1 Å². The van der Waals surface area contributed by atoms with Crippen molar-refractivity contribution in [3.63, 3.8) is 0 Å². The van der Waals surface area contributed by atoms with Crippen LogP contribution in [0, 0.1) is 5.82 Å². The Labute approximate surface area is 122 Å². The maximum Gasteiger partial charge on any atom is 0.142 e. The lowest BCUT2D eigenvalue weighted by Gasteiger charge is -2.07. The molecule has 106 valence electrons. The van der Waals surface area contributed by atoms with E-state index in [4.69, 9.17) is 11.6 Å². The van der Waals surface area contributed by atoms with Crippen LogP contribution in [0.5, 0.6) is 0 Å². The van der Waals surface area contributed by atoms with E-state index in [0.717, 1.165) is 36.8 Å². The first-order valence-corrected chi connectivity index (χ1v) is 7.32. The molecule has 1 aromatic heterocycles. The van der Waals surface area contributed by atoms with E-state index in [0.29, 0.717) is 6.54 Å². The number of hydrogen-bond acceptors (Lipinski definition) is 1. The van der Waals surface area contributed by atoms with Crippen LogP contribution in [-0.2, 0) is 13.0 Å². The van der Waals surface area contributed by atoms with Gasteiger partial charge in [-0.3, -0.25) is 0 Å². The molecule has 1 heterocycles. The maximum atomic E-state index is 13.4. The Balaban J connectivity index is 1.84. The normalized spacial score (nSPS) is 18.6. The number of rotatable bonds is 2. The molecular weight excluding hydrogens is 277 g/mol. The van der Waals surface area contributed by atoms with Crippen LogP contribution in [0.15, 0.2) is 30.6 Å². The summed E-state index contributed by atoms with van der Waals surface area (Å²) < 4.78 is 15.5. The summed E-state index contributed by atoms with van der Waals surface area (Å²) >= 11 is 5.69. The number of aliphatic hydroxyl groups excluding tert-OH is 1. The first kappa shape index (κ1) is 13.7. The Bertz CT molecular complexity index is 623. The summed E-state index contributed by atoms with van der Waals surface area (Å²) in [6, 6.07) is 4.87. The Kier molecular flexibility index (Phi) is 3.81. The highest BCUT2D eigenvalue weighted by Crippen LogP contribution is 2.29. The van der Waals surface area contributed by atoms with Crippen LogP contribution in [0.3, 0.4) is 0 Å². The quantitative estimate of drug-likeness (QED) is 0.829. The van der Waals surface area contributed by atoms with Gasteiger partial charge in [-0.1, -0.05) is 24.1 Å². The molecule has 20 heavy (non-hydrogen) atoms. The molecule has 2 nitrogen and oxygen atoms in total. The van der Waals surface area contributed by atoms with Crippen LogP contribution in [0.1, 0.15) is 42.1 Å². The van der Waals surface area contributed by atoms with Crippen molar-refractivity contribution in [1.82, 2.24) is 4.57 Å². The van der Waals surface area contributed by atoms with E-state index in [2.05, 4.69) is 6.20 Å². The summed E-state index contributed by atoms with van der Waals surface area (Å²) in [7, 11) is 0. The minimum Gasteiger partial charge on any atom is -0.388 e. The fourth-order valence-corrected chi connectivity index (χ4v) is 2.95. The summed E-state index contributed by atoms with van der Waals surface area (Å²) in [6.45, 7) is 0.591. The highest BCUT2D eigenvalue weighted by molar-refractivity contribution is 6.30. The van der Waals surface area contributed by atoms with Gasteiger partial charge >= 0.3 is 0 Å². The lowest BCUT2D eigenvalue weighted by Crippen LogP contribution is -1.98. The van der Waals surface area contributed by atoms with Gasteiger partial charge in [0.1, 0.15) is 5.82 Å². The van der Waals surface area contributed by atoms with Gasteiger partial charge in [0, 0.05) is 24.5 Å². The van der Waals surface area contributed by atoms with Gasteiger partial charge in [-0.2, -0.15) is 0 Å². The van der Waals surface area contributed by atoms with E-state index < -0.39 is 5.82 Å². The summed E-state index contributed by atoms with van der Waals surface area (Å²) in [5.74, 6) is -0.391. The van der Waals surface area contributed by atoms with Gasteiger partial charge in [0.2, 0.25) is 0 Å². The zero-order valence-corrected chi connectivity index (χ0v) is 11.9. The van der Waals surface area contributed by atoms with Gasteiger partial charge < -0.3 is 9.67 Å². The van der Waals surface area contributed by atoms with E-state index in [1.807, 2.05) is 16.8 Å². The van der Waals surface area contributed by atoms with E-state index >= 15 is 0 Å². The van der Waals surface area contributed by atoms with Crippen molar-refractivity contribution in [2.75, 3.05) is 0 Å². The largest absolute Gasteiger partial charge is 0.388 e. The molecule has 1 aromatic carbocycles. The predicted octanol–water partition coefficient (Wildman–Crippen LogP) is 4.09. The molecule has 1 aliphatic carbocycles. The fraction of sp³-hybridized carbons (Fsp3) is 0.375. The molecule has 0 bridgehead atoms. The molecule has 1 unspecified atom stereocenters. The van der Waals surface area contributed by atoms with Gasteiger partial charge in [-0.15, -0.1) is 0 Å². The highest BCUT2D eigenvalue weighted by Gasteiger charge is 2.18. The average Bonchev–Trinajstić information content (AvgIpc) is 2.74. The van der Waals surface area contributed by atoms with Gasteiger partial charge in [-0.05, 0) is 42.5 Å². The summed E-state index contributed by atoms with van der Waals surface area (Å²) in [5.41, 5.74) is 3.10. The maximum absolute atomic E-state index is 13.4. The van der Waals surface area contributed by atoms with Crippen molar-refractivity contribution < 1.29 is 9.50 Å².